The largest absolute Gasteiger partial charge is 0.465 e. The van der Waals surface area contributed by atoms with Crippen molar-refractivity contribution in [1.29, 1.82) is 0 Å². The Hall–Kier alpha value is -3.45. The van der Waals surface area contributed by atoms with Crippen molar-refractivity contribution in [3.05, 3.63) is 94.0 Å². The highest BCUT2D eigenvalue weighted by molar-refractivity contribution is 9.10. The molecule has 0 atom stereocenters. The lowest BCUT2D eigenvalue weighted by Gasteiger charge is -2.12. The van der Waals surface area contributed by atoms with Gasteiger partial charge in [-0.15, -0.1) is 0 Å². The van der Waals surface area contributed by atoms with Crippen LogP contribution in [0.25, 0.3) is 6.08 Å². The first kappa shape index (κ1) is 20.3. The molecule has 0 unspecified atom stereocenters. The number of amides is 2. The van der Waals surface area contributed by atoms with E-state index >= 15 is 0 Å². The number of carbonyl (C=O) groups excluding carboxylic acids is 3. The van der Waals surface area contributed by atoms with Gasteiger partial charge in [0.2, 0.25) is 0 Å². The molecule has 0 spiro atoms. The molecule has 1 heterocycles. The van der Waals surface area contributed by atoms with Crippen molar-refractivity contribution in [3.63, 3.8) is 0 Å². The van der Waals surface area contributed by atoms with E-state index < -0.39 is 11.8 Å². The molecule has 0 saturated carbocycles. The van der Waals surface area contributed by atoms with Crippen LogP contribution in [0.5, 0.6) is 0 Å². The van der Waals surface area contributed by atoms with E-state index in [1.807, 2.05) is 0 Å². The second kappa shape index (κ2) is 9.16. The summed E-state index contributed by atoms with van der Waals surface area (Å²) in [6, 6.07) is 16.7. The molecule has 0 fully saturated rings. The normalized spacial score (nSPS) is 11.0. The number of rotatable bonds is 6. The summed E-state index contributed by atoms with van der Waals surface area (Å²) in [4.78, 5) is 36.8. The number of halogens is 1. The Morgan fingerprint density at radius 1 is 0.966 bits per heavy atom. The Kier molecular flexibility index (Phi) is 6.41. The van der Waals surface area contributed by atoms with E-state index in [-0.39, 0.29) is 11.5 Å². The molecule has 1 aromatic heterocycles. The van der Waals surface area contributed by atoms with Gasteiger partial charge in [0.1, 0.15) is 11.5 Å². The van der Waals surface area contributed by atoms with Gasteiger partial charge in [-0.25, -0.2) is 0 Å². The zero-order valence-electron chi connectivity index (χ0n) is 15.4. The van der Waals surface area contributed by atoms with Crippen LogP contribution in [0.2, 0.25) is 0 Å². The minimum Gasteiger partial charge on any atom is -0.465 e. The first-order chi connectivity index (χ1) is 13.9. The number of Topliss-reactive ketones (excluding diaryl/α,β-unsaturated/α-hetero) is 1. The summed E-state index contributed by atoms with van der Waals surface area (Å²) in [7, 11) is 0. The highest BCUT2D eigenvalue weighted by Crippen LogP contribution is 2.17. The first-order valence-electron chi connectivity index (χ1n) is 8.67. The lowest BCUT2D eigenvalue weighted by molar-refractivity contribution is -0.113. The fraction of sp³-hybridized carbons (Fsp3) is 0.0455. The maximum Gasteiger partial charge on any atom is 0.272 e. The van der Waals surface area contributed by atoms with Gasteiger partial charge < -0.3 is 15.1 Å². The van der Waals surface area contributed by atoms with Crippen LogP contribution in [0, 0.1) is 0 Å². The fourth-order valence-corrected chi connectivity index (χ4v) is 2.96. The molecule has 0 bridgehead atoms. The maximum absolute atomic E-state index is 12.8. The molecule has 0 radical (unpaired) electrons. The highest BCUT2D eigenvalue weighted by atomic mass is 79.9. The number of anilines is 1. The summed E-state index contributed by atoms with van der Waals surface area (Å²) in [5, 5.41) is 5.33. The van der Waals surface area contributed by atoms with Crippen LogP contribution in [0.3, 0.4) is 0 Å². The van der Waals surface area contributed by atoms with Crippen LogP contribution in [-0.4, -0.2) is 17.6 Å². The van der Waals surface area contributed by atoms with E-state index in [2.05, 4.69) is 26.6 Å². The van der Waals surface area contributed by atoms with E-state index in [1.54, 1.807) is 60.7 Å². The maximum atomic E-state index is 12.8. The van der Waals surface area contributed by atoms with Crippen molar-refractivity contribution in [3.8, 4) is 0 Å². The van der Waals surface area contributed by atoms with Gasteiger partial charge in [-0.2, -0.15) is 0 Å². The molecular formula is C22H17BrN2O4. The Balaban J connectivity index is 1.83. The molecule has 6 nitrogen and oxygen atoms in total. The second-order valence-corrected chi connectivity index (χ2v) is 6.95. The van der Waals surface area contributed by atoms with Crippen LogP contribution >= 0.6 is 15.9 Å². The van der Waals surface area contributed by atoms with E-state index in [0.29, 0.717) is 27.0 Å². The van der Waals surface area contributed by atoms with Gasteiger partial charge in [-0.05, 0) is 71.4 Å². The Morgan fingerprint density at radius 3 is 2.31 bits per heavy atom. The van der Waals surface area contributed by atoms with E-state index in [1.165, 1.54) is 19.3 Å². The van der Waals surface area contributed by atoms with Gasteiger partial charge in [0.15, 0.2) is 5.78 Å². The molecule has 0 aliphatic heterocycles. The summed E-state index contributed by atoms with van der Waals surface area (Å²) in [6.45, 7) is 1.47. The zero-order chi connectivity index (χ0) is 20.8. The topological polar surface area (TPSA) is 88.4 Å². The summed E-state index contributed by atoms with van der Waals surface area (Å²) in [5.74, 6) is -0.633. The second-order valence-electron chi connectivity index (χ2n) is 6.10. The van der Waals surface area contributed by atoms with E-state index in [9.17, 15) is 14.4 Å². The minimum atomic E-state index is -0.530. The molecule has 3 rings (SSSR count). The number of nitrogens with one attached hydrogen (secondary N) is 2. The molecule has 0 aliphatic rings. The van der Waals surface area contributed by atoms with Crippen molar-refractivity contribution in [1.82, 2.24) is 5.32 Å². The predicted molar refractivity (Wildman–Crippen MR) is 113 cm³/mol. The summed E-state index contributed by atoms with van der Waals surface area (Å²) in [5.41, 5.74) is 1.42. The summed E-state index contributed by atoms with van der Waals surface area (Å²) < 4.78 is 5.87. The third-order valence-corrected chi connectivity index (χ3v) is 4.68. The van der Waals surface area contributed by atoms with Gasteiger partial charge in [0.25, 0.3) is 11.8 Å². The molecule has 2 N–H and O–H groups in total. The van der Waals surface area contributed by atoms with Gasteiger partial charge in [-0.1, -0.05) is 12.1 Å². The van der Waals surface area contributed by atoms with E-state index in [0.717, 1.165) is 0 Å². The molecular weight excluding hydrogens is 436 g/mol. The molecule has 2 aromatic carbocycles. The molecule has 2 amide bonds. The van der Waals surface area contributed by atoms with Crippen LogP contribution < -0.4 is 10.6 Å². The predicted octanol–water partition coefficient (Wildman–Crippen LogP) is 4.65. The minimum absolute atomic E-state index is 0.0105. The van der Waals surface area contributed by atoms with Gasteiger partial charge in [0, 0.05) is 21.8 Å². The molecule has 3 aromatic rings. The number of benzene rings is 2. The number of ketones is 1. The zero-order valence-corrected chi connectivity index (χ0v) is 17.0. The Bertz CT molecular complexity index is 1070. The molecule has 146 valence electrons. The number of carbonyl (C=O) groups is 3. The van der Waals surface area contributed by atoms with Gasteiger partial charge in [0.05, 0.1) is 11.8 Å². The molecule has 29 heavy (non-hydrogen) atoms. The molecule has 0 aliphatic carbocycles. The van der Waals surface area contributed by atoms with Crippen molar-refractivity contribution >= 4 is 45.3 Å². The lowest BCUT2D eigenvalue weighted by atomic mass is 10.1. The first-order valence-corrected chi connectivity index (χ1v) is 9.47. The van der Waals surface area contributed by atoms with Crippen molar-refractivity contribution in [2.24, 2.45) is 0 Å². The van der Waals surface area contributed by atoms with Crippen molar-refractivity contribution in [2.75, 3.05) is 5.32 Å². The number of hydrogen-bond acceptors (Lipinski definition) is 4. The van der Waals surface area contributed by atoms with Gasteiger partial charge in [-0.3, -0.25) is 14.4 Å². The summed E-state index contributed by atoms with van der Waals surface area (Å²) in [6.07, 6.45) is 2.91. The summed E-state index contributed by atoms with van der Waals surface area (Å²) >= 11 is 3.33. The molecule has 0 saturated heterocycles. The molecule has 7 heteroatoms. The highest BCUT2D eigenvalue weighted by Gasteiger charge is 2.17. The number of furan rings is 1. The van der Waals surface area contributed by atoms with Crippen LogP contribution in [0.4, 0.5) is 5.69 Å². The Morgan fingerprint density at radius 2 is 1.69 bits per heavy atom. The van der Waals surface area contributed by atoms with Crippen LogP contribution in [-0.2, 0) is 4.79 Å². The quantitative estimate of drug-likeness (QED) is 0.420. The van der Waals surface area contributed by atoms with Crippen molar-refractivity contribution < 1.29 is 18.8 Å². The number of hydrogen-bond donors (Lipinski definition) is 2. The standard InChI is InChI=1S/C22H17BrN2O4/c1-14(26)15-8-10-16(11-9-15)24-22(28)20(13-17-5-4-12-29-17)25-21(27)18-6-2-3-7-19(18)23/h2-13H,1H3,(H,24,28)(H,25,27). The van der Waals surface area contributed by atoms with Crippen LogP contribution in [0.1, 0.15) is 33.4 Å². The average molecular weight is 453 g/mol. The van der Waals surface area contributed by atoms with Gasteiger partial charge >= 0.3 is 0 Å². The average Bonchev–Trinajstić information content (AvgIpc) is 3.21. The SMILES string of the molecule is CC(=O)c1ccc(NC(=O)C(=Cc2ccco2)NC(=O)c2ccccc2Br)cc1. The monoisotopic (exact) mass is 452 g/mol. The van der Waals surface area contributed by atoms with Crippen LogP contribution in [0.15, 0.2) is 81.5 Å². The fourth-order valence-electron chi connectivity index (χ4n) is 2.50. The third-order valence-electron chi connectivity index (χ3n) is 3.99. The van der Waals surface area contributed by atoms with E-state index in [4.69, 9.17) is 4.42 Å². The Labute approximate surface area is 175 Å². The third kappa shape index (κ3) is 5.30. The smallest absolute Gasteiger partial charge is 0.272 e. The van der Waals surface area contributed by atoms with Crippen molar-refractivity contribution in [2.45, 2.75) is 6.92 Å². The lowest BCUT2D eigenvalue weighted by Crippen LogP contribution is -2.31.